The molecular weight excluding hydrogens is 369 g/mol. The third-order valence-electron chi connectivity index (χ3n) is 2.91. The number of thioether (sulfide) groups is 1. The molecule has 0 spiro atoms. The fourth-order valence-corrected chi connectivity index (χ4v) is 2.84. The third kappa shape index (κ3) is 6.22. The average molecular weight is 388 g/mol. The summed E-state index contributed by atoms with van der Waals surface area (Å²) in [5, 5.41) is 12.6. The SMILES string of the molecule is Cc1cc(C(F)(F)F)c(C#N)c(SC(C)C(=O)NC(=O)NC(C)(C)C)n1. The van der Waals surface area contributed by atoms with Gasteiger partial charge in [0.2, 0.25) is 5.91 Å². The Balaban J connectivity index is 3.01. The van der Waals surface area contributed by atoms with E-state index < -0.39 is 40.0 Å². The quantitative estimate of drug-likeness (QED) is 0.774. The van der Waals surface area contributed by atoms with E-state index >= 15 is 0 Å². The van der Waals surface area contributed by atoms with Crippen LogP contribution in [0.1, 0.15) is 44.5 Å². The molecule has 1 aromatic rings. The van der Waals surface area contributed by atoms with Gasteiger partial charge in [0.25, 0.3) is 0 Å². The summed E-state index contributed by atoms with van der Waals surface area (Å²) in [6.07, 6.45) is -4.72. The van der Waals surface area contributed by atoms with Gasteiger partial charge in [0.15, 0.2) is 0 Å². The maximum Gasteiger partial charge on any atom is 0.417 e. The number of carbonyl (C=O) groups excluding carboxylic acids is 2. The van der Waals surface area contributed by atoms with Crippen LogP contribution in [0.3, 0.4) is 0 Å². The van der Waals surface area contributed by atoms with Crippen LogP contribution in [0.2, 0.25) is 0 Å². The van der Waals surface area contributed by atoms with Gasteiger partial charge < -0.3 is 5.32 Å². The van der Waals surface area contributed by atoms with E-state index in [1.807, 2.05) is 0 Å². The number of hydrogen-bond donors (Lipinski definition) is 2. The van der Waals surface area contributed by atoms with Crippen molar-refractivity contribution in [1.82, 2.24) is 15.6 Å². The Morgan fingerprint density at radius 2 is 1.88 bits per heavy atom. The molecule has 0 aromatic carbocycles. The summed E-state index contributed by atoms with van der Waals surface area (Å²) in [5.74, 6) is -0.711. The predicted octanol–water partition coefficient (Wildman–Crippen LogP) is 3.39. The molecular formula is C16H19F3N4O2S. The summed E-state index contributed by atoms with van der Waals surface area (Å²) in [6.45, 7) is 7.95. The van der Waals surface area contributed by atoms with Crippen LogP contribution in [0.4, 0.5) is 18.0 Å². The van der Waals surface area contributed by atoms with E-state index in [0.717, 1.165) is 6.07 Å². The number of aryl methyl sites for hydroxylation is 1. The number of aromatic nitrogens is 1. The van der Waals surface area contributed by atoms with Crippen molar-refractivity contribution in [2.75, 3.05) is 0 Å². The minimum Gasteiger partial charge on any atom is -0.333 e. The van der Waals surface area contributed by atoms with Crippen molar-refractivity contribution in [3.8, 4) is 6.07 Å². The maximum atomic E-state index is 13.1. The molecule has 0 bridgehead atoms. The Hall–Kier alpha value is -2.28. The van der Waals surface area contributed by atoms with Crippen LogP contribution in [-0.4, -0.2) is 27.7 Å². The lowest BCUT2D eigenvalue weighted by Crippen LogP contribution is -2.49. The zero-order chi connectivity index (χ0) is 20.3. The first kappa shape index (κ1) is 21.8. The zero-order valence-electron chi connectivity index (χ0n) is 14.9. The van der Waals surface area contributed by atoms with Crippen molar-refractivity contribution < 1.29 is 22.8 Å². The van der Waals surface area contributed by atoms with Crippen molar-refractivity contribution in [3.63, 3.8) is 0 Å². The number of hydrogen-bond acceptors (Lipinski definition) is 5. The first-order valence-corrected chi connectivity index (χ1v) is 8.41. The molecule has 0 saturated heterocycles. The van der Waals surface area contributed by atoms with Crippen molar-refractivity contribution in [1.29, 1.82) is 5.26 Å². The number of halogens is 3. The Morgan fingerprint density at radius 1 is 1.31 bits per heavy atom. The van der Waals surface area contributed by atoms with Gasteiger partial charge in [0.05, 0.1) is 16.4 Å². The number of amides is 3. The Morgan fingerprint density at radius 3 is 2.35 bits per heavy atom. The molecule has 0 aliphatic rings. The van der Waals surface area contributed by atoms with Crippen LogP contribution in [0.15, 0.2) is 11.1 Å². The molecule has 0 aliphatic carbocycles. The van der Waals surface area contributed by atoms with Crippen LogP contribution < -0.4 is 10.6 Å². The molecule has 26 heavy (non-hydrogen) atoms. The lowest BCUT2D eigenvalue weighted by molar-refractivity contribution is -0.138. The predicted molar refractivity (Wildman–Crippen MR) is 90.4 cm³/mol. The minimum absolute atomic E-state index is 0.0666. The van der Waals surface area contributed by atoms with Gasteiger partial charge in [0, 0.05) is 11.2 Å². The van der Waals surface area contributed by atoms with Crippen molar-refractivity contribution in [2.45, 2.75) is 56.6 Å². The molecule has 1 heterocycles. The van der Waals surface area contributed by atoms with Crippen LogP contribution >= 0.6 is 11.8 Å². The van der Waals surface area contributed by atoms with Gasteiger partial charge in [-0.15, -0.1) is 0 Å². The van der Waals surface area contributed by atoms with Gasteiger partial charge in [-0.2, -0.15) is 18.4 Å². The Labute approximate surface area is 153 Å². The fraction of sp³-hybridized carbons (Fsp3) is 0.500. The molecule has 1 unspecified atom stereocenters. The lowest BCUT2D eigenvalue weighted by Gasteiger charge is -2.21. The highest BCUT2D eigenvalue weighted by Gasteiger charge is 2.36. The van der Waals surface area contributed by atoms with E-state index in [1.54, 1.807) is 20.8 Å². The number of imide groups is 1. The van der Waals surface area contributed by atoms with E-state index in [0.29, 0.717) is 11.8 Å². The normalized spacial score (nSPS) is 12.9. The largest absolute Gasteiger partial charge is 0.417 e. The van der Waals surface area contributed by atoms with Gasteiger partial charge in [0.1, 0.15) is 11.1 Å². The first-order valence-electron chi connectivity index (χ1n) is 7.53. The lowest BCUT2D eigenvalue weighted by atomic mass is 10.1. The molecule has 3 amide bonds. The summed E-state index contributed by atoms with van der Waals surface area (Å²) in [6, 6.07) is 1.56. The number of urea groups is 1. The van der Waals surface area contributed by atoms with Crippen molar-refractivity contribution in [2.24, 2.45) is 0 Å². The minimum atomic E-state index is -4.72. The molecule has 1 atom stereocenters. The molecule has 6 nitrogen and oxygen atoms in total. The Bertz CT molecular complexity index is 752. The summed E-state index contributed by atoms with van der Waals surface area (Å²) in [7, 11) is 0. The van der Waals surface area contributed by atoms with Crippen LogP contribution in [0, 0.1) is 18.3 Å². The second kappa shape index (κ2) is 7.95. The summed E-state index contributed by atoms with van der Waals surface area (Å²) < 4.78 is 39.3. The number of nitrogens with zero attached hydrogens (tertiary/aromatic N) is 2. The standard InChI is InChI=1S/C16H19F3N4O2S/c1-8-6-11(16(17,18)19)10(7-20)13(21-8)26-9(2)12(24)22-14(25)23-15(3,4)5/h6,9H,1-5H3,(H2,22,23,24,25). The highest BCUT2D eigenvalue weighted by molar-refractivity contribution is 8.00. The van der Waals surface area contributed by atoms with Gasteiger partial charge in [-0.1, -0.05) is 11.8 Å². The molecule has 1 rings (SSSR count). The molecule has 0 aliphatic heterocycles. The van der Waals surface area contributed by atoms with Gasteiger partial charge >= 0.3 is 12.2 Å². The first-order chi connectivity index (χ1) is 11.7. The average Bonchev–Trinajstić information content (AvgIpc) is 2.43. The zero-order valence-corrected chi connectivity index (χ0v) is 15.7. The fourth-order valence-electron chi connectivity index (χ4n) is 1.87. The molecule has 2 N–H and O–H groups in total. The van der Waals surface area contributed by atoms with Gasteiger partial charge in [-0.05, 0) is 40.7 Å². The van der Waals surface area contributed by atoms with Crippen molar-refractivity contribution >= 4 is 23.7 Å². The smallest absolute Gasteiger partial charge is 0.333 e. The Kier molecular flexibility index (Phi) is 6.65. The maximum absolute atomic E-state index is 13.1. The number of alkyl halides is 3. The number of rotatable bonds is 3. The molecule has 0 fully saturated rings. The third-order valence-corrected chi connectivity index (χ3v) is 4.00. The molecule has 0 saturated carbocycles. The summed E-state index contributed by atoms with van der Waals surface area (Å²) in [5.41, 5.74) is -2.24. The summed E-state index contributed by atoms with van der Waals surface area (Å²) >= 11 is 0.682. The second-order valence-electron chi connectivity index (χ2n) is 6.55. The summed E-state index contributed by atoms with van der Waals surface area (Å²) in [4.78, 5) is 27.7. The van der Waals surface area contributed by atoms with E-state index in [9.17, 15) is 22.8 Å². The van der Waals surface area contributed by atoms with E-state index in [1.165, 1.54) is 19.9 Å². The van der Waals surface area contributed by atoms with Gasteiger partial charge in [-0.3, -0.25) is 10.1 Å². The molecule has 10 heteroatoms. The highest BCUT2D eigenvalue weighted by Crippen LogP contribution is 2.36. The van der Waals surface area contributed by atoms with Crippen LogP contribution in [-0.2, 0) is 11.0 Å². The van der Waals surface area contributed by atoms with E-state index in [-0.39, 0.29) is 10.7 Å². The molecule has 0 radical (unpaired) electrons. The van der Waals surface area contributed by atoms with E-state index in [4.69, 9.17) is 5.26 Å². The van der Waals surface area contributed by atoms with Crippen LogP contribution in [0.5, 0.6) is 0 Å². The number of nitriles is 1. The van der Waals surface area contributed by atoms with Crippen LogP contribution in [0.25, 0.3) is 0 Å². The highest BCUT2D eigenvalue weighted by atomic mass is 32.2. The molecule has 142 valence electrons. The van der Waals surface area contributed by atoms with Gasteiger partial charge in [-0.25, -0.2) is 9.78 Å². The number of pyridine rings is 1. The van der Waals surface area contributed by atoms with Crippen molar-refractivity contribution in [3.05, 3.63) is 22.9 Å². The number of nitrogens with one attached hydrogen (secondary N) is 2. The topological polar surface area (TPSA) is 94.9 Å². The molecule has 1 aromatic heterocycles. The second-order valence-corrected chi connectivity index (χ2v) is 7.88. The van der Waals surface area contributed by atoms with E-state index in [2.05, 4.69) is 15.6 Å². The monoisotopic (exact) mass is 388 g/mol. The number of carbonyl (C=O) groups is 2.